The third-order valence-electron chi connectivity index (χ3n) is 3.46. The fourth-order valence-corrected chi connectivity index (χ4v) is 2.27. The Morgan fingerprint density at radius 3 is 2.77 bits per heavy atom. The quantitative estimate of drug-likeness (QED) is 0.231. The van der Waals surface area contributed by atoms with E-state index in [4.69, 9.17) is 9.47 Å². The van der Waals surface area contributed by atoms with Gasteiger partial charge in [-0.2, -0.15) is 0 Å². The summed E-state index contributed by atoms with van der Waals surface area (Å²) in [6.07, 6.45) is 7.31. The van der Waals surface area contributed by atoms with Crippen LogP contribution in [0.5, 0.6) is 0 Å². The molecule has 0 radical (unpaired) electrons. The van der Waals surface area contributed by atoms with Crippen molar-refractivity contribution < 1.29 is 9.47 Å². The number of halogens is 1. The van der Waals surface area contributed by atoms with Gasteiger partial charge in [0.15, 0.2) is 5.96 Å². The Morgan fingerprint density at radius 2 is 2.09 bits per heavy atom. The maximum absolute atomic E-state index is 5.64. The highest BCUT2D eigenvalue weighted by atomic mass is 127. The van der Waals surface area contributed by atoms with Gasteiger partial charge in [0, 0.05) is 32.8 Å². The van der Waals surface area contributed by atoms with E-state index in [1.54, 1.807) is 0 Å². The van der Waals surface area contributed by atoms with E-state index in [1.165, 1.54) is 25.7 Å². The van der Waals surface area contributed by atoms with Crippen LogP contribution in [-0.2, 0) is 9.47 Å². The molecule has 0 aromatic carbocycles. The van der Waals surface area contributed by atoms with Crippen LogP contribution in [0.3, 0.4) is 0 Å². The van der Waals surface area contributed by atoms with Gasteiger partial charge in [0.2, 0.25) is 0 Å². The van der Waals surface area contributed by atoms with Crippen molar-refractivity contribution in [3.8, 4) is 0 Å². The van der Waals surface area contributed by atoms with Crippen LogP contribution >= 0.6 is 24.0 Å². The zero-order valence-corrected chi connectivity index (χ0v) is 16.6. The Balaban J connectivity index is 0.00000441. The predicted molar refractivity (Wildman–Crippen MR) is 103 cm³/mol. The smallest absolute Gasteiger partial charge is 0.191 e. The molecule has 0 aromatic rings. The lowest BCUT2D eigenvalue weighted by Gasteiger charge is -2.11. The van der Waals surface area contributed by atoms with Crippen LogP contribution in [0.2, 0.25) is 0 Å². The lowest BCUT2D eigenvalue weighted by atomic mass is 10.2. The largest absolute Gasteiger partial charge is 0.379 e. The molecule has 1 saturated heterocycles. The number of hydrogen-bond donors (Lipinski definition) is 2. The summed E-state index contributed by atoms with van der Waals surface area (Å²) in [5, 5.41) is 6.64. The molecule has 0 aliphatic carbocycles. The summed E-state index contributed by atoms with van der Waals surface area (Å²) in [5.74, 6) is 0.924. The fourth-order valence-electron chi connectivity index (χ4n) is 2.27. The van der Waals surface area contributed by atoms with E-state index in [2.05, 4.69) is 29.5 Å². The van der Waals surface area contributed by atoms with Gasteiger partial charge in [-0.3, -0.25) is 4.99 Å². The van der Waals surface area contributed by atoms with Crippen molar-refractivity contribution in [1.29, 1.82) is 0 Å². The Hall–Kier alpha value is -0.0800. The van der Waals surface area contributed by atoms with E-state index < -0.39 is 0 Å². The summed E-state index contributed by atoms with van der Waals surface area (Å²) in [4.78, 5) is 4.56. The summed E-state index contributed by atoms with van der Waals surface area (Å²) in [6, 6.07) is 0. The average molecular weight is 427 g/mol. The zero-order valence-electron chi connectivity index (χ0n) is 14.2. The fraction of sp³-hybridized carbons (Fsp3) is 0.938. The Labute approximate surface area is 153 Å². The summed E-state index contributed by atoms with van der Waals surface area (Å²) in [6.45, 7) is 9.40. The van der Waals surface area contributed by atoms with Gasteiger partial charge in [-0.05, 0) is 32.6 Å². The molecule has 5 nitrogen and oxygen atoms in total. The van der Waals surface area contributed by atoms with Gasteiger partial charge in [-0.25, -0.2) is 0 Å². The van der Waals surface area contributed by atoms with Crippen molar-refractivity contribution in [2.75, 3.05) is 39.5 Å². The molecular formula is C16H34IN3O2. The van der Waals surface area contributed by atoms with Crippen LogP contribution in [0.15, 0.2) is 4.99 Å². The van der Waals surface area contributed by atoms with Crippen molar-refractivity contribution in [3.63, 3.8) is 0 Å². The van der Waals surface area contributed by atoms with Gasteiger partial charge in [-0.15, -0.1) is 24.0 Å². The number of ether oxygens (including phenoxy) is 2. The molecule has 1 unspecified atom stereocenters. The number of guanidine groups is 1. The summed E-state index contributed by atoms with van der Waals surface area (Å²) in [5.41, 5.74) is 0. The molecule has 6 heteroatoms. The van der Waals surface area contributed by atoms with Crippen LogP contribution in [0.4, 0.5) is 0 Å². The topological polar surface area (TPSA) is 54.9 Å². The van der Waals surface area contributed by atoms with Crippen molar-refractivity contribution in [2.24, 2.45) is 4.99 Å². The molecule has 1 atom stereocenters. The number of unbranched alkanes of at least 4 members (excludes halogenated alkanes) is 2. The maximum Gasteiger partial charge on any atom is 0.191 e. The third kappa shape index (κ3) is 11.5. The first kappa shape index (κ1) is 21.9. The predicted octanol–water partition coefficient (Wildman–Crippen LogP) is 2.94. The number of rotatable bonds is 11. The van der Waals surface area contributed by atoms with Gasteiger partial charge in [0.1, 0.15) is 0 Å². The van der Waals surface area contributed by atoms with Gasteiger partial charge in [-0.1, -0.05) is 19.8 Å². The number of nitrogens with one attached hydrogen (secondary N) is 2. The first-order valence-corrected chi connectivity index (χ1v) is 8.58. The van der Waals surface area contributed by atoms with E-state index in [-0.39, 0.29) is 24.0 Å². The Bertz CT molecular complexity index is 272. The first-order chi connectivity index (χ1) is 10.4. The first-order valence-electron chi connectivity index (χ1n) is 8.58. The van der Waals surface area contributed by atoms with Crippen LogP contribution in [0.1, 0.15) is 52.4 Å². The molecule has 1 rings (SSSR count). The van der Waals surface area contributed by atoms with Crippen LogP contribution in [0.25, 0.3) is 0 Å². The second-order valence-electron chi connectivity index (χ2n) is 5.46. The van der Waals surface area contributed by atoms with Crippen molar-refractivity contribution in [2.45, 2.75) is 58.5 Å². The standard InChI is InChI=1S/C16H33N3O2.HI/c1-3-5-6-10-18-16(17-4-2)19-11-8-12-20-14-15-9-7-13-21-15;/h15H,3-14H2,1-2H3,(H2,17,18,19);1H. The minimum Gasteiger partial charge on any atom is -0.379 e. The number of aliphatic imine (C=N–C) groups is 1. The van der Waals surface area contributed by atoms with Gasteiger partial charge in [0.25, 0.3) is 0 Å². The Morgan fingerprint density at radius 1 is 1.23 bits per heavy atom. The summed E-state index contributed by atoms with van der Waals surface area (Å²) >= 11 is 0. The molecule has 2 N–H and O–H groups in total. The summed E-state index contributed by atoms with van der Waals surface area (Å²) < 4.78 is 11.2. The zero-order chi connectivity index (χ0) is 15.2. The second kappa shape index (κ2) is 15.8. The SMILES string of the molecule is CCCCCNC(=NCCCOCC1CCCO1)NCC.I. The van der Waals surface area contributed by atoms with Crippen molar-refractivity contribution in [3.05, 3.63) is 0 Å². The molecule has 0 spiro atoms. The highest BCUT2D eigenvalue weighted by molar-refractivity contribution is 14.0. The van der Waals surface area contributed by atoms with Crippen LogP contribution in [0, 0.1) is 0 Å². The molecule has 1 fully saturated rings. The number of nitrogens with zero attached hydrogens (tertiary/aromatic N) is 1. The molecule has 22 heavy (non-hydrogen) atoms. The molecule has 0 saturated carbocycles. The maximum atomic E-state index is 5.64. The normalized spacial score (nSPS) is 18.1. The van der Waals surface area contributed by atoms with Crippen LogP contribution in [-0.4, -0.2) is 51.5 Å². The molecular weight excluding hydrogens is 393 g/mol. The lowest BCUT2D eigenvalue weighted by molar-refractivity contribution is 0.0171. The second-order valence-corrected chi connectivity index (χ2v) is 5.46. The van der Waals surface area contributed by atoms with E-state index in [0.29, 0.717) is 6.10 Å². The number of hydrogen-bond acceptors (Lipinski definition) is 3. The monoisotopic (exact) mass is 427 g/mol. The van der Waals surface area contributed by atoms with Crippen molar-refractivity contribution >= 4 is 29.9 Å². The lowest BCUT2D eigenvalue weighted by Crippen LogP contribution is -2.37. The van der Waals surface area contributed by atoms with E-state index in [0.717, 1.165) is 58.3 Å². The third-order valence-corrected chi connectivity index (χ3v) is 3.46. The highest BCUT2D eigenvalue weighted by Gasteiger charge is 2.14. The Kier molecular flexibility index (Phi) is 15.7. The molecule has 1 aliphatic rings. The van der Waals surface area contributed by atoms with E-state index in [1.807, 2.05) is 0 Å². The molecule has 132 valence electrons. The van der Waals surface area contributed by atoms with E-state index in [9.17, 15) is 0 Å². The molecule has 1 aliphatic heterocycles. The van der Waals surface area contributed by atoms with Crippen molar-refractivity contribution in [1.82, 2.24) is 10.6 Å². The van der Waals surface area contributed by atoms with Gasteiger partial charge < -0.3 is 20.1 Å². The molecule has 0 amide bonds. The summed E-state index contributed by atoms with van der Waals surface area (Å²) in [7, 11) is 0. The van der Waals surface area contributed by atoms with Gasteiger partial charge >= 0.3 is 0 Å². The minimum absolute atomic E-state index is 0. The van der Waals surface area contributed by atoms with E-state index >= 15 is 0 Å². The average Bonchev–Trinajstić information content (AvgIpc) is 3.00. The highest BCUT2D eigenvalue weighted by Crippen LogP contribution is 2.11. The minimum atomic E-state index is 0. The molecule has 0 aromatic heterocycles. The molecule has 0 bridgehead atoms. The molecule has 1 heterocycles. The van der Waals surface area contributed by atoms with Gasteiger partial charge in [0.05, 0.1) is 12.7 Å². The van der Waals surface area contributed by atoms with Crippen LogP contribution < -0.4 is 10.6 Å².